The normalized spacial score (nSPS) is 10.5. The Bertz CT molecular complexity index is 538. The minimum absolute atomic E-state index is 0.0371. The zero-order chi connectivity index (χ0) is 13.8. The first-order valence-corrected chi connectivity index (χ1v) is 6.51. The maximum absolute atomic E-state index is 12.5. The molecule has 0 saturated heterocycles. The van der Waals surface area contributed by atoms with E-state index in [1.807, 2.05) is 56.0 Å². The molecule has 1 aromatic heterocycles. The molecule has 1 amide bonds. The van der Waals surface area contributed by atoms with E-state index in [9.17, 15) is 4.79 Å². The first kappa shape index (κ1) is 13.4. The van der Waals surface area contributed by atoms with Crippen molar-refractivity contribution in [2.75, 3.05) is 6.54 Å². The fourth-order valence-corrected chi connectivity index (χ4v) is 2.18. The lowest BCUT2D eigenvalue weighted by Crippen LogP contribution is -2.30. The third-order valence-electron chi connectivity index (χ3n) is 3.26. The highest BCUT2D eigenvalue weighted by molar-refractivity contribution is 5.96. The molecule has 0 N–H and O–H groups in total. The number of nitrogens with zero attached hydrogens (tertiary/aromatic N) is 1. The van der Waals surface area contributed by atoms with Gasteiger partial charge in [0.2, 0.25) is 0 Å². The molecule has 0 fully saturated rings. The van der Waals surface area contributed by atoms with Crippen molar-refractivity contribution in [3.05, 3.63) is 59.0 Å². The summed E-state index contributed by atoms with van der Waals surface area (Å²) in [5.41, 5.74) is 2.73. The van der Waals surface area contributed by atoms with E-state index in [0.717, 1.165) is 11.1 Å². The van der Waals surface area contributed by atoms with Crippen LogP contribution in [0.5, 0.6) is 0 Å². The molecule has 0 spiro atoms. The lowest BCUT2D eigenvalue weighted by molar-refractivity contribution is 0.0750. The van der Waals surface area contributed by atoms with Gasteiger partial charge in [-0.2, -0.15) is 0 Å². The van der Waals surface area contributed by atoms with Gasteiger partial charge in [0.15, 0.2) is 0 Å². The van der Waals surface area contributed by atoms with Gasteiger partial charge in [0.1, 0.15) is 5.76 Å². The van der Waals surface area contributed by atoms with E-state index < -0.39 is 0 Å². The van der Waals surface area contributed by atoms with Crippen molar-refractivity contribution in [2.45, 2.75) is 27.3 Å². The summed E-state index contributed by atoms with van der Waals surface area (Å²) in [4.78, 5) is 14.4. The molecule has 2 aromatic rings. The molecular formula is C16H19NO2. The highest BCUT2D eigenvalue weighted by Crippen LogP contribution is 2.19. The molecule has 1 heterocycles. The van der Waals surface area contributed by atoms with Crippen molar-refractivity contribution in [2.24, 2.45) is 0 Å². The second-order valence-corrected chi connectivity index (χ2v) is 4.65. The number of carbonyl (C=O) groups is 1. The molecule has 100 valence electrons. The Morgan fingerprint density at radius 3 is 2.42 bits per heavy atom. The fourth-order valence-electron chi connectivity index (χ4n) is 2.18. The molecule has 0 saturated carbocycles. The topological polar surface area (TPSA) is 33.5 Å². The molecule has 0 radical (unpaired) electrons. The highest BCUT2D eigenvalue weighted by Gasteiger charge is 2.20. The van der Waals surface area contributed by atoms with Gasteiger partial charge in [-0.3, -0.25) is 4.79 Å². The maximum Gasteiger partial charge on any atom is 0.257 e. The average Bonchev–Trinajstić information content (AvgIpc) is 2.76. The van der Waals surface area contributed by atoms with Gasteiger partial charge >= 0.3 is 0 Å². The van der Waals surface area contributed by atoms with Crippen LogP contribution in [0, 0.1) is 13.8 Å². The van der Waals surface area contributed by atoms with Gasteiger partial charge < -0.3 is 9.32 Å². The van der Waals surface area contributed by atoms with Gasteiger partial charge in [-0.1, -0.05) is 30.3 Å². The summed E-state index contributed by atoms with van der Waals surface area (Å²) in [6.45, 7) is 7.03. The van der Waals surface area contributed by atoms with Crippen molar-refractivity contribution in [1.29, 1.82) is 0 Å². The number of rotatable bonds is 4. The van der Waals surface area contributed by atoms with E-state index in [4.69, 9.17) is 4.42 Å². The molecule has 3 nitrogen and oxygen atoms in total. The number of carbonyl (C=O) groups excluding carboxylic acids is 1. The molecule has 1 aromatic carbocycles. The van der Waals surface area contributed by atoms with Crippen LogP contribution >= 0.6 is 0 Å². The van der Waals surface area contributed by atoms with E-state index in [1.54, 1.807) is 6.26 Å². The van der Waals surface area contributed by atoms with Crippen LogP contribution in [-0.2, 0) is 6.54 Å². The smallest absolute Gasteiger partial charge is 0.257 e. The molecule has 0 unspecified atom stereocenters. The lowest BCUT2D eigenvalue weighted by Gasteiger charge is -2.21. The van der Waals surface area contributed by atoms with E-state index in [0.29, 0.717) is 24.4 Å². The summed E-state index contributed by atoms with van der Waals surface area (Å²) >= 11 is 0. The molecule has 0 atom stereocenters. The molecule has 2 rings (SSSR count). The first-order chi connectivity index (χ1) is 9.13. The monoisotopic (exact) mass is 257 g/mol. The summed E-state index contributed by atoms with van der Waals surface area (Å²) in [5.74, 6) is 0.726. The highest BCUT2D eigenvalue weighted by atomic mass is 16.3. The molecule has 0 aliphatic rings. The van der Waals surface area contributed by atoms with Crippen molar-refractivity contribution < 1.29 is 9.21 Å². The second-order valence-electron chi connectivity index (χ2n) is 4.65. The van der Waals surface area contributed by atoms with Crippen LogP contribution in [0.15, 0.2) is 41.0 Å². The zero-order valence-corrected chi connectivity index (χ0v) is 11.6. The Morgan fingerprint density at radius 1 is 1.21 bits per heavy atom. The Balaban J connectivity index is 2.21. The summed E-state index contributed by atoms with van der Waals surface area (Å²) in [7, 11) is 0. The minimum atomic E-state index is 0.0371. The van der Waals surface area contributed by atoms with Crippen LogP contribution in [0.25, 0.3) is 0 Å². The summed E-state index contributed by atoms with van der Waals surface area (Å²) < 4.78 is 5.31. The van der Waals surface area contributed by atoms with Crippen molar-refractivity contribution in [1.82, 2.24) is 4.90 Å². The van der Waals surface area contributed by atoms with E-state index in [-0.39, 0.29) is 5.91 Å². The number of aryl methyl sites for hydroxylation is 2. The summed E-state index contributed by atoms with van der Waals surface area (Å²) in [5, 5.41) is 0. The SMILES string of the molecule is CCN(Cc1ccccc1)C(=O)c1c(C)coc1C. The lowest BCUT2D eigenvalue weighted by atomic mass is 10.1. The predicted molar refractivity (Wildman–Crippen MR) is 75.0 cm³/mol. The largest absolute Gasteiger partial charge is 0.469 e. The maximum atomic E-state index is 12.5. The van der Waals surface area contributed by atoms with Gasteiger partial charge in [0.25, 0.3) is 5.91 Å². The molecule has 0 aliphatic carbocycles. The van der Waals surface area contributed by atoms with Gasteiger partial charge in [0.05, 0.1) is 11.8 Å². The van der Waals surface area contributed by atoms with Crippen molar-refractivity contribution >= 4 is 5.91 Å². The number of hydrogen-bond acceptors (Lipinski definition) is 2. The van der Waals surface area contributed by atoms with Crippen LogP contribution in [0.4, 0.5) is 0 Å². The van der Waals surface area contributed by atoms with Gasteiger partial charge in [-0.25, -0.2) is 0 Å². The third-order valence-corrected chi connectivity index (χ3v) is 3.26. The third kappa shape index (κ3) is 2.87. The van der Waals surface area contributed by atoms with Crippen LogP contribution < -0.4 is 0 Å². The Morgan fingerprint density at radius 2 is 1.89 bits per heavy atom. The standard InChI is InChI=1S/C16H19NO2/c1-4-17(10-14-8-6-5-7-9-14)16(18)15-12(2)11-19-13(15)3/h5-9,11H,4,10H2,1-3H3. The first-order valence-electron chi connectivity index (χ1n) is 6.51. The number of hydrogen-bond donors (Lipinski definition) is 0. The minimum Gasteiger partial charge on any atom is -0.469 e. The molecule has 0 bridgehead atoms. The van der Waals surface area contributed by atoms with Crippen LogP contribution in [0.3, 0.4) is 0 Å². The van der Waals surface area contributed by atoms with Gasteiger partial charge in [-0.05, 0) is 26.3 Å². The average molecular weight is 257 g/mol. The number of furan rings is 1. The Labute approximate surface area is 113 Å². The number of amides is 1. The Hall–Kier alpha value is -2.03. The zero-order valence-electron chi connectivity index (χ0n) is 11.6. The van der Waals surface area contributed by atoms with Gasteiger partial charge in [0, 0.05) is 18.7 Å². The fraction of sp³-hybridized carbons (Fsp3) is 0.312. The summed E-state index contributed by atoms with van der Waals surface area (Å²) in [6, 6.07) is 10.0. The molecular weight excluding hydrogens is 238 g/mol. The van der Waals surface area contributed by atoms with Gasteiger partial charge in [-0.15, -0.1) is 0 Å². The quantitative estimate of drug-likeness (QED) is 0.839. The number of benzene rings is 1. The van der Waals surface area contributed by atoms with Crippen molar-refractivity contribution in [3.63, 3.8) is 0 Å². The predicted octanol–water partition coefficient (Wildman–Crippen LogP) is 3.56. The molecule has 3 heteroatoms. The Kier molecular flexibility index (Phi) is 4.05. The van der Waals surface area contributed by atoms with E-state index in [2.05, 4.69) is 0 Å². The molecule has 19 heavy (non-hydrogen) atoms. The summed E-state index contributed by atoms with van der Waals surface area (Å²) in [6.07, 6.45) is 1.64. The van der Waals surface area contributed by atoms with Crippen molar-refractivity contribution in [3.8, 4) is 0 Å². The second kappa shape index (κ2) is 5.74. The van der Waals surface area contributed by atoms with E-state index in [1.165, 1.54) is 0 Å². The van der Waals surface area contributed by atoms with Crippen LogP contribution in [0.1, 0.15) is 34.2 Å². The van der Waals surface area contributed by atoms with Crippen LogP contribution in [0.2, 0.25) is 0 Å². The van der Waals surface area contributed by atoms with E-state index >= 15 is 0 Å². The van der Waals surface area contributed by atoms with Crippen LogP contribution in [-0.4, -0.2) is 17.4 Å². The molecule has 0 aliphatic heterocycles.